The minimum atomic E-state index is -1.37. The molecule has 0 atom stereocenters. The zero-order valence-corrected chi connectivity index (χ0v) is 24.3. The van der Waals surface area contributed by atoms with Crippen LogP contribution in [0, 0.1) is 0 Å². The molecule has 0 saturated heterocycles. The Morgan fingerprint density at radius 1 is 0.245 bits per heavy atom. The van der Waals surface area contributed by atoms with E-state index in [1.54, 1.807) is 0 Å². The Kier molecular flexibility index (Phi) is 11.8. The van der Waals surface area contributed by atoms with Gasteiger partial charge in [-0.15, -0.1) is 0 Å². The van der Waals surface area contributed by atoms with Gasteiger partial charge in [-0.25, -0.2) is 38.4 Å². The van der Waals surface area contributed by atoms with E-state index in [0.29, 0.717) is 0 Å². The van der Waals surface area contributed by atoms with Crippen molar-refractivity contribution in [2.45, 2.75) is 0 Å². The average molecular weight is 679 g/mol. The highest BCUT2D eigenvalue weighted by Crippen LogP contribution is 2.27. The van der Waals surface area contributed by atoms with Gasteiger partial charge in [0.05, 0.1) is 44.5 Å². The molecule has 0 fully saturated rings. The molecule has 0 aliphatic heterocycles. The second-order valence-corrected chi connectivity index (χ2v) is 9.64. The molecule has 0 saturated carbocycles. The molecule has 17 nitrogen and oxygen atoms in total. The summed E-state index contributed by atoms with van der Waals surface area (Å²) in [5.74, 6) is -10.9. The van der Waals surface area contributed by atoms with Crippen molar-refractivity contribution in [3.63, 3.8) is 0 Å². The third-order valence-electron chi connectivity index (χ3n) is 6.37. The summed E-state index contributed by atoms with van der Waals surface area (Å²) in [6.45, 7) is 0. The van der Waals surface area contributed by atoms with Crippen molar-refractivity contribution in [2.24, 2.45) is 0 Å². The highest BCUT2D eigenvalue weighted by molar-refractivity contribution is 6.00. The molecule has 0 spiro atoms. The van der Waals surface area contributed by atoms with Crippen molar-refractivity contribution in [3.05, 3.63) is 117 Å². The van der Waals surface area contributed by atoms with Crippen LogP contribution in [0.3, 0.4) is 0 Å². The molecular weight excluding hydrogens is 656 g/mol. The van der Waals surface area contributed by atoms with Crippen LogP contribution in [0.15, 0.2) is 72.8 Å². The van der Waals surface area contributed by atoms with Gasteiger partial charge >= 0.3 is 47.8 Å². The molecule has 17 heteroatoms. The standard InChI is InChI=1S/2C16H10O8.H2O/c2*17-13(18)9-1-7(2-10(5-9)14(19)20)8-3-11(15(21)22)6-12(4-8)16(23)24;/h2*1-6H,(H,17,18)(H,19,20)(H,21,22)(H,23,24);1H2. The zero-order chi connectivity index (χ0) is 36.0. The van der Waals surface area contributed by atoms with Crippen molar-refractivity contribution >= 4 is 47.8 Å². The van der Waals surface area contributed by atoms with E-state index in [2.05, 4.69) is 0 Å². The first-order valence-corrected chi connectivity index (χ1v) is 12.9. The van der Waals surface area contributed by atoms with Crippen LogP contribution < -0.4 is 0 Å². The lowest BCUT2D eigenvalue weighted by atomic mass is 9.96. The second kappa shape index (κ2) is 15.3. The van der Waals surface area contributed by atoms with Gasteiger partial charge in [-0.3, -0.25) is 0 Å². The zero-order valence-electron chi connectivity index (χ0n) is 24.3. The number of carbonyl (C=O) groups is 8. The maximum absolute atomic E-state index is 11.1. The Morgan fingerprint density at radius 3 is 0.429 bits per heavy atom. The Hall–Kier alpha value is -7.40. The van der Waals surface area contributed by atoms with Gasteiger partial charge in [0.2, 0.25) is 0 Å². The van der Waals surface area contributed by atoms with Crippen molar-refractivity contribution in [1.29, 1.82) is 0 Å². The van der Waals surface area contributed by atoms with Crippen molar-refractivity contribution in [1.82, 2.24) is 0 Å². The van der Waals surface area contributed by atoms with Crippen molar-refractivity contribution < 1.29 is 84.7 Å². The van der Waals surface area contributed by atoms with E-state index in [0.717, 1.165) is 72.8 Å². The van der Waals surface area contributed by atoms with Crippen LogP contribution in [0.2, 0.25) is 0 Å². The Bertz CT molecular complexity index is 1640. The normalized spacial score (nSPS) is 9.96. The number of aromatic carboxylic acids is 8. The van der Waals surface area contributed by atoms with E-state index in [4.69, 9.17) is 40.9 Å². The van der Waals surface area contributed by atoms with Gasteiger partial charge in [-0.05, 0) is 95.1 Å². The van der Waals surface area contributed by atoms with Gasteiger partial charge in [-0.2, -0.15) is 0 Å². The fraction of sp³-hybridized carbons (Fsp3) is 0. The topological polar surface area (TPSA) is 330 Å². The number of carboxylic acid groups (broad SMARTS) is 8. The molecule has 4 rings (SSSR count). The number of carboxylic acids is 8. The summed E-state index contributed by atoms with van der Waals surface area (Å²) >= 11 is 0. The lowest BCUT2D eigenvalue weighted by molar-refractivity contribution is 0.0676. The van der Waals surface area contributed by atoms with Gasteiger partial charge in [0.25, 0.3) is 0 Å². The molecule has 252 valence electrons. The van der Waals surface area contributed by atoms with Crippen LogP contribution in [0.5, 0.6) is 0 Å². The summed E-state index contributed by atoms with van der Waals surface area (Å²) in [5, 5.41) is 72.5. The van der Waals surface area contributed by atoms with E-state index in [9.17, 15) is 38.4 Å². The molecule has 4 aromatic carbocycles. The molecule has 0 heterocycles. The van der Waals surface area contributed by atoms with Gasteiger partial charge in [0.15, 0.2) is 0 Å². The molecule has 0 aromatic heterocycles. The summed E-state index contributed by atoms with van der Waals surface area (Å²) in [7, 11) is 0. The van der Waals surface area contributed by atoms with Gasteiger partial charge in [-0.1, -0.05) is 0 Å². The molecule has 0 amide bonds. The highest BCUT2D eigenvalue weighted by atomic mass is 16.4. The minimum absolute atomic E-state index is 0. The third kappa shape index (κ3) is 9.31. The smallest absolute Gasteiger partial charge is 0.335 e. The lowest BCUT2D eigenvalue weighted by Crippen LogP contribution is -2.05. The predicted octanol–water partition coefficient (Wildman–Crippen LogP) is 3.47. The Labute approximate surface area is 272 Å². The Morgan fingerprint density at radius 2 is 0.347 bits per heavy atom. The first-order valence-electron chi connectivity index (χ1n) is 12.9. The summed E-state index contributed by atoms with van der Waals surface area (Å²) in [6, 6.07) is 12.9. The highest BCUT2D eigenvalue weighted by Gasteiger charge is 2.18. The second-order valence-electron chi connectivity index (χ2n) is 9.64. The maximum atomic E-state index is 11.1. The molecule has 4 aromatic rings. The summed E-state index contributed by atoms with van der Waals surface area (Å²) in [5.41, 5.74) is -2.21. The molecule has 0 bridgehead atoms. The van der Waals surface area contributed by atoms with Crippen LogP contribution in [0.1, 0.15) is 82.9 Å². The molecular formula is C32H22O17. The first-order chi connectivity index (χ1) is 22.4. The SMILES string of the molecule is O.O=C(O)c1cc(C(=O)O)cc(-c2cc(C(=O)O)cc(C(=O)O)c2)c1.O=C(O)c1cc(C(=O)O)cc(-c2cc(C(=O)O)cc(C(=O)O)c2)c1. The van der Waals surface area contributed by atoms with E-state index in [-0.39, 0.29) is 72.2 Å². The van der Waals surface area contributed by atoms with E-state index in [1.165, 1.54) is 0 Å². The van der Waals surface area contributed by atoms with Crippen LogP contribution in [0.25, 0.3) is 22.3 Å². The van der Waals surface area contributed by atoms with E-state index < -0.39 is 47.8 Å². The quantitative estimate of drug-likeness (QED) is 0.119. The van der Waals surface area contributed by atoms with Crippen molar-refractivity contribution in [2.75, 3.05) is 0 Å². The van der Waals surface area contributed by atoms with Gasteiger partial charge in [0.1, 0.15) is 0 Å². The summed E-state index contributed by atoms with van der Waals surface area (Å²) in [6.07, 6.45) is 0. The first kappa shape index (κ1) is 37.8. The number of hydrogen-bond donors (Lipinski definition) is 8. The van der Waals surface area contributed by atoms with Crippen LogP contribution in [-0.4, -0.2) is 94.1 Å². The minimum Gasteiger partial charge on any atom is -0.478 e. The summed E-state index contributed by atoms with van der Waals surface area (Å²) < 4.78 is 0. The molecule has 49 heavy (non-hydrogen) atoms. The van der Waals surface area contributed by atoms with Crippen molar-refractivity contribution in [3.8, 4) is 22.3 Å². The Balaban J connectivity index is 0.000000333. The number of hydrogen-bond acceptors (Lipinski definition) is 8. The monoisotopic (exact) mass is 678 g/mol. The summed E-state index contributed by atoms with van der Waals surface area (Å²) in [4.78, 5) is 89.0. The van der Waals surface area contributed by atoms with Gasteiger partial charge < -0.3 is 46.3 Å². The van der Waals surface area contributed by atoms with Crippen LogP contribution in [-0.2, 0) is 0 Å². The molecule has 0 aliphatic carbocycles. The fourth-order valence-electron chi connectivity index (χ4n) is 4.16. The lowest BCUT2D eigenvalue weighted by Gasteiger charge is -2.08. The van der Waals surface area contributed by atoms with E-state index >= 15 is 0 Å². The average Bonchev–Trinajstić information content (AvgIpc) is 3.03. The fourth-order valence-corrected chi connectivity index (χ4v) is 4.16. The van der Waals surface area contributed by atoms with Gasteiger partial charge in [0, 0.05) is 0 Å². The molecule has 0 aliphatic rings. The number of benzene rings is 4. The maximum Gasteiger partial charge on any atom is 0.335 e. The van der Waals surface area contributed by atoms with Crippen LogP contribution >= 0.6 is 0 Å². The van der Waals surface area contributed by atoms with Crippen LogP contribution in [0.4, 0.5) is 0 Å². The number of rotatable bonds is 10. The van der Waals surface area contributed by atoms with E-state index in [1.807, 2.05) is 0 Å². The largest absolute Gasteiger partial charge is 0.478 e. The third-order valence-corrected chi connectivity index (χ3v) is 6.37. The molecule has 0 unspecified atom stereocenters. The molecule has 10 N–H and O–H groups in total. The molecule has 0 radical (unpaired) electrons. The predicted molar refractivity (Wildman–Crippen MR) is 163 cm³/mol.